The van der Waals surface area contributed by atoms with Crippen LogP contribution in [0.3, 0.4) is 0 Å². The topological polar surface area (TPSA) is 95.5 Å². The van der Waals surface area contributed by atoms with E-state index in [9.17, 15) is 14.4 Å². The molecule has 0 fully saturated rings. The van der Waals surface area contributed by atoms with Gasteiger partial charge in [-0.1, -0.05) is 45.7 Å². The molecule has 0 heterocycles. The van der Waals surface area contributed by atoms with E-state index in [0.717, 1.165) is 18.4 Å². The molecule has 0 bridgehead atoms. The Labute approximate surface area is 142 Å². The van der Waals surface area contributed by atoms with Crippen LogP contribution in [0.2, 0.25) is 0 Å². The second-order valence-electron chi connectivity index (χ2n) is 6.08. The van der Waals surface area contributed by atoms with Crippen LogP contribution in [0, 0.1) is 5.92 Å². The summed E-state index contributed by atoms with van der Waals surface area (Å²) in [6.07, 6.45) is 2.03. The second-order valence-corrected chi connectivity index (χ2v) is 6.08. The quantitative estimate of drug-likeness (QED) is 0.646. The van der Waals surface area contributed by atoms with Crippen LogP contribution < -0.4 is 10.6 Å². The SMILES string of the molecule is CCCCC(NC(=O)c1ccc(CNC(=O)C(C)C)cc1)C(=O)O. The summed E-state index contributed by atoms with van der Waals surface area (Å²) in [7, 11) is 0. The fraction of sp³-hybridized carbons (Fsp3) is 0.500. The lowest BCUT2D eigenvalue weighted by molar-refractivity contribution is -0.139. The predicted octanol–water partition coefficient (Wildman–Crippen LogP) is 2.33. The summed E-state index contributed by atoms with van der Waals surface area (Å²) in [5.74, 6) is -1.54. The fourth-order valence-electron chi connectivity index (χ4n) is 2.07. The average Bonchev–Trinajstić information content (AvgIpc) is 2.56. The molecule has 0 saturated heterocycles. The number of hydrogen-bond acceptors (Lipinski definition) is 3. The first-order valence-electron chi connectivity index (χ1n) is 8.25. The first kappa shape index (κ1) is 19.7. The summed E-state index contributed by atoms with van der Waals surface area (Å²) < 4.78 is 0. The number of hydrogen-bond donors (Lipinski definition) is 3. The third-order valence-electron chi connectivity index (χ3n) is 3.66. The third kappa shape index (κ3) is 6.40. The Morgan fingerprint density at radius 2 is 1.75 bits per heavy atom. The number of amides is 2. The van der Waals surface area contributed by atoms with Gasteiger partial charge in [-0.2, -0.15) is 0 Å². The summed E-state index contributed by atoms with van der Waals surface area (Å²) in [6, 6.07) is 5.88. The molecule has 0 saturated carbocycles. The number of unbranched alkanes of at least 4 members (excludes halogenated alkanes) is 1. The lowest BCUT2D eigenvalue weighted by Gasteiger charge is -2.14. The first-order valence-corrected chi connectivity index (χ1v) is 8.25. The maximum atomic E-state index is 12.1. The lowest BCUT2D eigenvalue weighted by atomic mass is 10.1. The monoisotopic (exact) mass is 334 g/mol. The van der Waals surface area contributed by atoms with Crippen LogP contribution in [0.25, 0.3) is 0 Å². The Morgan fingerprint density at radius 1 is 1.12 bits per heavy atom. The minimum atomic E-state index is -1.02. The minimum Gasteiger partial charge on any atom is -0.480 e. The van der Waals surface area contributed by atoms with Gasteiger partial charge in [0.25, 0.3) is 5.91 Å². The highest BCUT2D eigenvalue weighted by Crippen LogP contribution is 2.07. The van der Waals surface area contributed by atoms with Crippen molar-refractivity contribution in [2.75, 3.05) is 0 Å². The van der Waals surface area contributed by atoms with Crippen molar-refractivity contribution >= 4 is 17.8 Å². The number of aliphatic carboxylic acids is 1. The first-order chi connectivity index (χ1) is 11.3. The number of carbonyl (C=O) groups is 3. The maximum Gasteiger partial charge on any atom is 0.326 e. The van der Waals surface area contributed by atoms with Gasteiger partial charge >= 0.3 is 5.97 Å². The largest absolute Gasteiger partial charge is 0.480 e. The lowest BCUT2D eigenvalue weighted by Crippen LogP contribution is -2.40. The molecule has 24 heavy (non-hydrogen) atoms. The zero-order valence-electron chi connectivity index (χ0n) is 14.5. The summed E-state index contributed by atoms with van der Waals surface area (Å²) in [4.78, 5) is 34.9. The molecule has 0 aliphatic heterocycles. The highest BCUT2D eigenvalue weighted by Gasteiger charge is 2.19. The van der Waals surface area contributed by atoms with E-state index in [4.69, 9.17) is 5.11 Å². The molecule has 3 N–H and O–H groups in total. The van der Waals surface area contributed by atoms with Crippen LogP contribution in [0.15, 0.2) is 24.3 Å². The molecule has 0 aromatic heterocycles. The molecule has 1 rings (SSSR count). The Bertz CT molecular complexity index is 567. The Morgan fingerprint density at radius 3 is 2.25 bits per heavy atom. The van der Waals surface area contributed by atoms with Crippen LogP contribution in [-0.4, -0.2) is 28.9 Å². The van der Waals surface area contributed by atoms with Gasteiger partial charge in [0.1, 0.15) is 6.04 Å². The standard InChI is InChI=1S/C18H26N2O4/c1-4-5-6-15(18(23)24)20-17(22)14-9-7-13(8-10-14)11-19-16(21)12(2)3/h7-10,12,15H,4-6,11H2,1-3H3,(H,19,21)(H,20,22)(H,23,24). The van der Waals surface area contributed by atoms with Crippen molar-refractivity contribution in [1.29, 1.82) is 0 Å². The smallest absolute Gasteiger partial charge is 0.326 e. The predicted molar refractivity (Wildman–Crippen MR) is 91.5 cm³/mol. The molecular formula is C18H26N2O4. The van der Waals surface area contributed by atoms with Crippen molar-refractivity contribution in [2.24, 2.45) is 5.92 Å². The molecule has 1 aromatic rings. The van der Waals surface area contributed by atoms with E-state index in [2.05, 4.69) is 10.6 Å². The molecule has 1 aromatic carbocycles. The number of nitrogens with one attached hydrogen (secondary N) is 2. The molecule has 132 valence electrons. The molecule has 1 atom stereocenters. The van der Waals surface area contributed by atoms with Crippen molar-refractivity contribution in [2.45, 2.75) is 52.6 Å². The van der Waals surface area contributed by atoms with E-state index >= 15 is 0 Å². The third-order valence-corrected chi connectivity index (χ3v) is 3.66. The van der Waals surface area contributed by atoms with Gasteiger partial charge in [0.2, 0.25) is 5.91 Å². The van der Waals surface area contributed by atoms with Crippen molar-refractivity contribution in [3.8, 4) is 0 Å². The van der Waals surface area contributed by atoms with Crippen LogP contribution in [0.1, 0.15) is 56.0 Å². The molecule has 2 amide bonds. The van der Waals surface area contributed by atoms with Crippen molar-refractivity contribution in [3.63, 3.8) is 0 Å². The van der Waals surface area contributed by atoms with Crippen LogP contribution in [0.4, 0.5) is 0 Å². The van der Waals surface area contributed by atoms with E-state index in [0.29, 0.717) is 18.5 Å². The van der Waals surface area contributed by atoms with Crippen LogP contribution in [-0.2, 0) is 16.1 Å². The fourth-order valence-corrected chi connectivity index (χ4v) is 2.07. The van der Waals surface area contributed by atoms with Gasteiger partial charge in [-0.05, 0) is 24.1 Å². The summed E-state index contributed by atoms with van der Waals surface area (Å²) in [5.41, 5.74) is 1.28. The molecular weight excluding hydrogens is 308 g/mol. The number of carboxylic acid groups (broad SMARTS) is 1. The van der Waals surface area contributed by atoms with Crippen LogP contribution >= 0.6 is 0 Å². The molecule has 0 spiro atoms. The molecule has 0 aliphatic rings. The Kier molecular flexibility index (Phi) is 7.95. The van der Waals surface area contributed by atoms with E-state index in [1.54, 1.807) is 24.3 Å². The van der Waals surface area contributed by atoms with E-state index < -0.39 is 17.9 Å². The number of carboxylic acids is 1. The van der Waals surface area contributed by atoms with Gasteiger partial charge in [0.15, 0.2) is 0 Å². The van der Waals surface area contributed by atoms with Gasteiger partial charge in [0.05, 0.1) is 0 Å². The normalized spacial score (nSPS) is 11.8. The number of rotatable bonds is 9. The van der Waals surface area contributed by atoms with Crippen molar-refractivity contribution < 1.29 is 19.5 Å². The van der Waals surface area contributed by atoms with Gasteiger partial charge in [-0.3, -0.25) is 9.59 Å². The van der Waals surface area contributed by atoms with E-state index in [1.807, 2.05) is 20.8 Å². The Hall–Kier alpha value is -2.37. The molecule has 1 unspecified atom stereocenters. The van der Waals surface area contributed by atoms with Gasteiger partial charge in [-0.25, -0.2) is 4.79 Å². The van der Waals surface area contributed by atoms with Crippen LogP contribution in [0.5, 0.6) is 0 Å². The van der Waals surface area contributed by atoms with E-state index in [-0.39, 0.29) is 11.8 Å². The summed E-state index contributed by atoms with van der Waals surface area (Å²) >= 11 is 0. The number of benzene rings is 1. The minimum absolute atomic E-state index is 0.0305. The molecule has 0 radical (unpaired) electrons. The highest BCUT2D eigenvalue weighted by atomic mass is 16.4. The van der Waals surface area contributed by atoms with Gasteiger partial charge in [0, 0.05) is 18.0 Å². The van der Waals surface area contributed by atoms with Crippen molar-refractivity contribution in [1.82, 2.24) is 10.6 Å². The second kappa shape index (κ2) is 9.70. The highest BCUT2D eigenvalue weighted by molar-refractivity contribution is 5.96. The zero-order chi connectivity index (χ0) is 18.1. The van der Waals surface area contributed by atoms with E-state index in [1.165, 1.54) is 0 Å². The zero-order valence-corrected chi connectivity index (χ0v) is 14.5. The number of carbonyl (C=O) groups excluding carboxylic acids is 2. The maximum absolute atomic E-state index is 12.1. The van der Waals surface area contributed by atoms with Crippen molar-refractivity contribution in [3.05, 3.63) is 35.4 Å². The summed E-state index contributed by atoms with van der Waals surface area (Å²) in [6.45, 7) is 6.01. The summed E-state index contributed by atoms with van der Waals surface area (Å²) in [5, 5.41) is 14.5. The van der Waals surface area contributed by atoms with Gasteiger partial charge < -0.3 is 15.7 Å². The average molecular weight is 334 g/mol. The Balaban J connectivity index is 2.62. The molecule has 0 aliphatic carbocycles. The molecule has 6 nitrogen and oxygen atoms in total. The van der Waals surface area contributed by atoms with Gasteiger partial charge in [-0.15, -0.1) is 0 Å². The molecule has 6 heteroatoms.